The normalized spacial score (nSPS) is 25.2. The number of amides is 1. The van der Waals surface area contributed by atoms with Gasteiger partial charge in [0.15, 0.2) is 0 Å². The van der Waals surface area contributed by atoms with Gasteiger partial charge in [-0.25, -0.2) is 0 Å². The lowest BCUT2D eigenvalue weighted by molar-refractivity contribution is -0.147. The van der Waals surface area contributed by atoms with Crippen molar-refractivity contribution in [3.8, 4) is 0 Å². The molecule has 1 heterocycles. The molecule has 1 rings (SSSR count). The molecular weight excluding hydrogens is 196 g/mol. The number of hydrogen-bond acceptors (Lipinski definition) is 4. The van der Waals surface area contributed by atoms with Gasteiger partial charge in [-0.1, -0.05) is 0 Å². The van der Waals surface area contributed by atoms with E-state index in [0.29, 0.717) is 6.54 Å². The first kappa shape index (κ1) is 12.0. The van der Waals surface area contributed by atoms with Gasteiger partial charge in [0, 0.05) is 19.1 Å². The predicted octanol–water partition coefficient (Wildman–Crippen LogP) is -0.242. The van der Waals surface area contributed by atoms with E-state index in [0.717, 1.165) is 0 Å². The van der Waals surface area contributed by atoms with Crippen molar-refractivity contribution in [3.05, 3.63) is 0 Å². The zero-order chi connectivity index (χ0) is 11.6. The number of carbonyl (C=O) groups is 2. The summed E-state index contributed by atoms with van der Waals surface area (Å²) in [4.78, 5) is 24.5. The van der Waals surface area contributed by atoms with Crippen LogP contribution in [0, 0.1) is 0 Å². The number of likely N-dealkylation sites (N-methyl/N-ethyl adjacent to an activating group) is 1. The molecule has 86 valence electrons. The van der Waals surface area contributed by atoms with Crippen LogP contribution in [0.15, 0.2) is 0 Å². The maximum absolute atomic E-state index is 11.7. The minimum Gasteiger partial charge on any atom is -0.469 e. The number of esters is 1. The van der Waals surface area contributed by atoms with Crippen molar-refractivity contribution in [2.75, 3.05) is 20.7 Å². The van der Waals surface area contributed by atoms with Gasteiger partial charge in [-0.2, -0.15) is 0 Å². The van der Waals surface area contributed by atoms with Crippen LogP contribution in [0.5, 0.6) is 0 Å². The molecule has 1 aliphatic rings. The van der Waals surface area contributed by atoms with E-state index in [2.05, 4.69) is 10.1 Å². The Kier molecular flexibility index (Phi) is 3.34. The SMILES string of the molecule is COC(=O)CC1NC(C)(C)CN(C)C1=O. The Morgan fingerprint density at radius 3 is 2.80 bits per heavy atom. The molecule has 1 atom stereocenters. The number of ether oxygens (including phenoxy) is 1. The molecule has 15 heavy (non-hydrogen) atoms. The molecule has 1 N–H and O–H groups in total. The zero-order valence-corrected chi connectivity index (χ0v) is 9.66. The maximum Gasteiger partial charge on any atom is 0.307 e. The summed E-state index contributed by atoms with van der Waals surface area (Å²) >= 11 is 0. The molecular formula is C10H18N2O3. The minimum atomic E-state index is -0.466. The Balaban J connectivity index is 2.69. The third-order valence-electron chi connectivity index (χ3n) is 2.47. The molecule has 0 aliphatic carbocycles. The average molecular weight is 214 g/mol. The first-order chi connectivity index (χ1) is 6.85. The van der Waals surface area contributed by atoms with E-state index in [1.807, 2.05) is 13.8 Å². The highest BCUT2D eigenvalue weighted by Crippen LogP contribution is 2.15. The topological polar surface area (TPSA) is 58.6 Å². The summed E-state index contributed by atoms with van der Waals surface area (Å²) in [6.07, 6.45) is 0.0864. The lowest BCUT2D eigenvalue weighted by atomic mass is 9.97. The van der Waals surface area contributed by atoms with Crippen molar-refractivity contribution in [1.29, 1.82) is 0 Å². The molecule has 0 aromatic rings. The molecule has 0 aromatic heterocycles. The van der Waals surface area contributed by atoms with Crippen LogP contribution in [-0.2, 0) is 14.3 Å². The number of nitrogens with one attached hydrogen (secondary N) is 1. The monoisotopic (exact) mass is 214 g/mol. The van der Waals surface area contributed by atoms with Gasteiger partial charge in [0.1, 0.15) is 0 Å². The summed E-state index contributed by atoms with van der Waals surface area (Å²) in [5, 5.41) is 3.15. The van der Waals surface area contributed by atoms with Gasteiger partial charge < -0.3 is 9.64 Å². The third-order valence-corrected chi connectivity index (χ3v) is 2.47. The largest absolute Gasteiger partial charge is 0.469 e. The van der Waals surface area contributed by atoms with Crippen molar-refractivity contribution < 1.29 is 14.3 Å². The smallest absolute Gasteiger partial charge is 0.307 e. The number of carbonyl (C=O) groups excluding carboxylic acids is 2. The van der Waals surface area contributed by atoms with E-state index in [1.54, 1.807) is 11.9 Å². The Hall–Kier alpha value is -1.10. The molecule has 0 radical (unpaired) electrons. The Labute approximate surface area is 89.8 Å². The van der Waals surface area contributed by atoms with Crippen LogP contribution < -0.4 is 5.32 Å². The first-order valence-electron chi connectivity index (χ1n) is 4.95. The summed E-state index contributed by atoms with van der Waals surface area (Å²) in [6, 6.07) is -0.466. The highest BCUT2D eigenvalue weighted by molar-refractivity contribution is 5.87. The van der Waals surface area contributed by atoms with E-state index < -0.39 is 6.04 Å². The fraction of sp³-hybridized carbons (Fsp3) is 0.800. The van der Waals surface area contributed by atoms with Crippen molar-refractivity contribution in [3.63, 3.8) is 0 Å². The second-order valence-corrected chi connectivity index (χ2v) is 4.56. The molecule has 5 nitrogen and oxygen atoms in total. The highest BCUT2D eigenvalue weighted by Gasteiger charge is 2.37. The molecule has 1 saturated heterocycles. The summed E-state index contributed by atoms with van der Waals surface area (Å²) in [5.41, 5.74) is -0.165. The van der Waals surface area contributed by atoms with Crippen LogP contribution in [0.2, 0.25) is 0 Å². The summed E-state index contributed by atoms with van der Waals surface area (Å²) in [6.45, 7) is 4.64. The molecule has 1 amide bonds. The number of methoxy groups -OCH3 is 1. The molecule has 1 fully saturated rings. The number of hydrogen-bond donors (Lipinski definition) is 1. The van der Waals surface area contributed by atoms with Gasteiger partial charge in [-0.05, 0) is 13.8 Å². The first-order valence-corrected chi connectivity index (χ1v) is 4.95. The predicted molar refractivity (Wildman–Crippen MR) is 55.3 cm³/mol. The molecule has 1 unspecified atom stereocenters. The molecule has 0 bridgehead atoms. The second kappa shape index (κ2) is 4.18. The number of rotatable bonds is 2. The number of nitrogens with zero attached hydrogens (tertiary/aromatic N) is 1. The minimum absolute atomic E-state index is 0.0558. The fourth-order valence-corrected chi connectivity index (χ4v) is 1.90. The van der Waals surface area contributed by atoms with Crippen molar-refractivity contribution in [1.82, 2.24) is 10.2 Å². The van der Waals surface area contributed by atoms with E-state index in [1.165, 1.54) is 7.11 Å². The molecule has 0 spiro atoms. The Bertz CT molecular complexity index is 276. The molecule has 5 heteroatoms. The zero-order valence-electron chi connectivity index (χ0n) is 9.66. The summed E-state index contributed by atoms with van der Waals surface area (Å²) in [5.74, 6) is -0.424. The molecule has 0 saturated carbocycles. The standard InChI is InChI=1S/C10H18N2O3/c1-10(2)6-12(3)9(14)7(11-10)5-8(13)15-4/h7,11H,5-6H2,1-4H3. The van der Waals surface area contributed by atoms with E-state index in [9.17, 15) is 9.59 Å². The lowest BCUT2D eigenvalue weighted by Gasteiger charge is -2.41. The quantitative estimate of drug-likeness (QED) is 0.644. The van der Waals surface area contributed by atoms with Gasteiger partial charge in [0.2, 0.25) is 5.91 Å². The average Bonchev–Trinajstić information content (AvgIpc) is 2.12. The van der Waals surface area contributed by atoms with Crippen LogP contribution in [0.4, 0.5) is 0 Å². The number of piperazine rings is 1. The van der Waals surface area contributed by atoms with Crippen LogP contribution in [0.1, 0.15) is 20.3 Å². The van der Waals surface area contributed by atoms with Crippen LogP contribution in [0.25, 0.3) is 0 Å². The lowest BCUT2D eigenvalue weighted by Crippen LogP contribution is -2.64. The summed E-state index contributed by atoms with van der Waals surface area (Å²) < 4.78 is 4.56. The Morgan fingerprint density at radius 1 is 1.67 bits per heavy atom. The Morgan fingerprint density at radius 2 is 2.27 bits per heavy atom. The van der Waals surface area contributed by atoms with Gasteiger partial charge in [0.25, 0.3) is 0 Å². The van der Waals surface area contributed by atoms with Gasteiger partial charge in [-0.3, -0.25) is 14.9 Å². The summed E-state index contributed by atoms with van der Waals surface area (Å²) in [7, 11) is 3.07. The van der Waals surface area contributed by atoms with E-state index in [4.69, 9.17) is 0 Å². The fourth-order valence-electron chi connectivity index (χ4n) is 1.90. The van der Waals surface area contributed by atoms with Crippen LogP contribution >= 0.6 is 0 Å². The van der Waals surface area contributed by atoms with Gasteiger partial charge in [0.05, 0.1) is 19.6 Å². The van der Waals surface area contributed by atoms with E-state index >= 15 is 0 Å². The molecule has 1 aliphatic heterocycles. The van der Waals surface area contributed by atoms with Crippen LogP contribution in [-0.4, -0.2) is 49.1 Å². The van der Waals surface area contributed by atoms with Crippen molar-refractivity contribution in [2.24, 2.45) is 0 Å². The second-order valence-electron chi connectivity index (χ2n) is 4.56. The molecule has 0 aromatic carbocycles. The highest BCUT2D eigenvalue weighted by atomic mass is 16.5. The third kappa shape index (κ3) is 2.92. The van der Waals surface area contributed by atoms with Crippen molar-refractivity contribution >= 4 is 11.9 Å². The van der Waals surface area contributed by atoms with Gasteiger partial charge in [-0.15, -0.1) is 0 Å². The van der Waals surface area contributed by atoms with E-state index in [-0.39, 0.29) is 23.8 Å². The van der Waals surface area contributed by atoms with Crippen LogP contribution in [0.3, 0.4) is 0 Å². The van der Waals surface area contributed by atoms with Crippen molar-refractivity contribution in [2.45, 2.75) is 31.8 Å². The van der Waals surface area contributed by atoms with Gasteiger partial charge >= 0.3 is 5.97 Å². The maximum atomic E-state index is 11.7.